The van der Waals surface area contributed by atoms with Crippen molar-refractivity contribution >= 4 is 23.5 Å². The third kappa shape index (κ3) is 1.49. The molecule has 1 unspecified atom stereocenters. The smallest absolute Gasteiger partial charge is 0.130 e. The molecule has 0 fully saturated rings. The van der Waals surface area contributed by atoms with Gasteiger partial charge in [0.2, 0.25) is 0 Å². The first-order valence-electron chi connectivity index (χ1n) is 7.67. The molecule has 0 aromatic heterocycles. The van der Waals surface area contributed by atoms with Gasteiger partial charge in [-0.05, 0) is 48.4 Å². The summed E-state index contributed by atoms with van der Waals surface area (Å²) in [5, 5.41) is 0. The number of benzene rings is 2. The minimum Gasteiger partial charge on any atom is -0.321 e. The summed E-state index contributed by atoms with van der Waals surface area (Å²) in [6.07, 6.45) is 11.5. The molecule has 2 heteroatoms. The predicted octanol–water partition coefficient (Wildman–Crippen LogP) is 4.54. The molecule has 0 aliphatic carbocycles. The van der Waals surface area contributed by atoms with E-state index < -0.39 is 0 Å². The molecule has 106 valence electrons. The molecule has 0 spiro atoms. The Hall–Kier alpha value is -2.74. The highest BCUT2D eigenvalue weighted by atomic mass is 15.4. The molecule has 0 saturated carbocycles. The maximum Gasteiger partial charge on any atom is 0.130 e. The number of para-hydroxylation sites is 1. The van der Waals surface area contributed by atoms with Crippen LogP contribution in [0.4, 0.5) is 11.4 Å². The van der Waals surface area contributed by atoms with E-state index in [0.717, 1.165) is 0 Å². The number of aryl methyl sites for hydroxylation is 1. The van der Waals surface area contributed by atoms with Gasteiger partial charge in [-0.25, -0.2) is 0 Å². The van der Waals surface area contributed by atoms with Gasteiger partial charge >= 0.3 is 0 Å². The molecule has 3 aliphatic heterocycles. The molecule has 2 aromatic carbocycles. The van der Waals surface area contributed by atoms with Crippen LogP contribution in [0.25, 0.3) is 12.2 Å². The summed E-state index contributed by atoms with van der Waals surface area (Å²) < 4.78 is 0. The highest BCUT2D eigenvalue weighted by molar-refractivity contribution is 5.84. The Kier molecular flexibility index (Phi) is 2.23. The summed E-state index contributed by atoms with van der Waals surface area (Å²) in [7, 11) is 0. The summed E-state index contributed by atoms with van der Waals surface area (Å²) >= 11 is 0. The van der Waals surface area contributed by atoms with Crippen molar-refractivity contribution in [3.8, 4) is 0 Å². The van der Waals surface area contributed by atoms with E-state index in [1.807, 2.05) is 0 Å². The van der Waals surface area contributed by atoms with Crippen LogP contribution in [0.15, 0.2) is 66.5 Å². The van der Waals surface area contributed by atoms with Crippen LogP contribution in [0.5, 0.6) is 0 Å². The topological polar surface area (TPSA) is 6.48 Å². The Labute approximate surface area is 130 Å². The molecule has 3 heterocycles. The third-order valence-corrected chi connectivity index (χ3v) is 4.64. The second-order valence-electron chi connectivity index (χ2n) is 6.06. The number of nitrogens with zero attached hydrogens (tertiary/aromatic N) is 2. The van der Waals surface area contributed by atoms with E-state index in [2.05, 4.69) is 89.7 Å². The number of hydrogen-bond acceptors (Lipinski definition) is 2. The fourth-order valence-corrected chi connectivity index (χ4v) is 3.61. The molecule has 0 saturated heterocycles. The second kappa shape index (κ2) is 4.14. The van der Waals surface area contributed by atoms with Crippen molar-refractivity contribution in [3.05, 3.63) is 83.2 Å². The molecule has 5 rings (SSSR count). The zero-order valence-corrected chi connectivity index (χ0v) is 12.4. The lowest BCUT2D eigenvalue weighted by Crippen LogP contribution is -2.40. The van der Waals surface area contributed by atoms with E-state index in [1.165, 1.54) is 33.8 Å². The van der Waals surface area contributed by atoms with E-state index in [4.69, 9.17) is 0 Å². The van der Waals surface area contributed by atoms with Crippen molar-refractivity contribution in [2.24, 2.45) is 0 Å². The summed E-state index contributed by atoms with van der Waals surface area (Å²) in [5.74, 6) is 0. The fraction of sp³-hybridized carbons (Fsp3) is 0.100. The van der Waals surface area contributed by atoms with Crippen LogP contribution < -0.4 is 9.80 Å². The number of allylic oxidation sites excluding steroid dienone is 1. The van der Waals surface area contributed by atoms with E-state index in [9.17, 15) is 0 Å². The van der Waals surface area contributed by atoms with Crippen LogP contribution in [-0.4, -0.2) is 6.17 Å². The normalized spacial score (nSPS) is 20.2. The van der Waals surface area contributed by atoms with Crippen molar-refractivity contribution in [2.45, 2.75) is 13.1 Å². The van der Waals surface area contributed by atoms with Gasteiger partial charge in [0, 0.05) is 6.20 Å². The maximum atomic E-state index is 2.42. The average molecular weight is 284 g/mol. The number of fused-ring (bicyclic) bond motifs is 7. The second-order valence-corrected chi connectivity index (χ2v) is 6.06. The minimum absolute atomic E-state index is 0.233. The van der Waals surface area contributed by atoms with E-state index in [0.29, 0.717) is 0 Å². The molecular formula is C20H16N2. The van der Waals surface area contributed by atoms with Gasteiger partial charge in [0.25, 0.3) is 0 Å². The largest absolute Gasteiger partial charge is 0.321 e. The highest BCUT2D eigenvalue weighted by Crippen LogP contribution is 2.42. The zero-order chi connectivity index (χ0) is 14.7. The molecule has 22 heavy (non-hydrogen) atoms. The molecule has 0 bridgehead atoms. The Morgan fingerprint density at radius 1 is 0.864 bits per heavy atom. The molecule has 0 N–H and O–H groups in total. The minimum atomic E-state index is 0.233. The standard InChI is InChI=1S/C20H16N2/c1-14-6-10-19-16(12-14)7-9-17-13-21-18-5-3-2-4-15(18)8-11-20(21)22(17)19/h2-13,20H,1H3. The van der Waals surface area contributed by atoms with Crippen LogP contribution in [0, 0.1) is 6.92 Å². The van der Waals surface area contributed by atoms with Gasteiger partial charge < -0.3 is 9.80 Å². The van der Waals surface area contributed by atoms with Gasteiger partial charge in [-0.3, -0.25) is 0 Å². The maximum absolute atomic E-state index is 2.42. The molecule has 2 nitrogen and oxygen atoms in total. The fourth-order valence-electron chi connectivity index (χ4n) is 3.61. The van der Waals surface area contributed by atoms with Gasteiger partial charge in [-0.1, -0.05) is 42.0 Å². The van der Waals surface area contributed by atoms with Gasteiger partial charge in [0.1, 0.15) is 6.17 Å². The molecule has 0 amide bonds. The summed E-state index contributed by atoms with van der Waals surface area (Å²) in [6.45, 7) is 2.15. The van der Waals surface area contributed by atoms with Crippen molar-refractivity contribution < 1.29 is 0 Å². The monoisotopic (exact) mass is 284 g/mol. The lowest BCUT2D eigenvalue weighted by molar-refractivity contribution is 0.805. The summed E-state index contributed by atoms with van der Waals surface area (Å²) in [4.78, 5) is 4.78. The van der Waals surface area contributed by atoms with Crippen LogP contribution in [0.2, 0.25) is 0 Å². The molecular weight excluding hydrogens is 268 g/mol. The highest BCUT2D eigenvalue weighted by Gasteiger charge is 2.35. The van der Waals surface area contributed by atoms with Crippen molar-refractivity contribution in [1.82, 2.24) is 0 Å². The van der Waals surface area contributed by atoms with Crippen LogP contribution >= 0.6 is 0 Å². The third-order valence-electron chi connectivity index (χ3n) is 4.64. The molecule has 2 aromatic rings. The lowest BCUT2D eigenvalue weighted by atomic mass is 10.0. The SMILES string of the molecule is Cc1ccc2c(c1)C=CC1=CN3c4ccccc4C=CC3N12. The number of rotatable bonds is 0. The Bertz CT molecular complexity index is 873. The summed E-state index contributed by atoms with van der Waals surface area (Å²) in [5.41, 5.74) is 7.70. The first kappa shape index (κ1) is 11.9. The van der Waals surface area contributed by atoms with Crippen molar-refractivity contribution in [3.63, 3.8) is 0 Å². The first-order chi connectivity index (χ1) is 10.8. The van der Waals surface area contributed by atoms with Crippen LogP contribution in [-0.2, 0) is 0 Å². The van der Waals surface area contributed by atoms with E-state index >= 15 is 0 Å². The first-order valence-corrected chi connectivity index (χ1v) is 7.67. The van der Waals surface area contributed by atoms with Gasteiger partial charge in [-0.15, -0.1) is 0 Å². The number of hydrogen-bond donors (Lipinski definition) is 0. The Balaban J connectivity index is 1.68. The van der Waals surface area contributed by atoms with E-state index in [-0.39, 0.29) is 6.17 Å². The average Bonchev–Trinajstić information content (AvgIpc) is 2.94. The van der Waals surface area contributed by atoms with Crippen molar-refractivity contribution in [1.29, 1.82) is 0 Å². The Morgan fingerprint density at radius 3 is 2.73 bits per heavy atom. The van der Waals surface area contributed by atoms with Crippen molar-refractivity contribution in [2.75, 3.05) is 9.80 Å². The van der Waals surface area contributed by atoms with Gasteiger partial charge in [0.15, 0.2) is 0 Å². The quantitative estimate of drug-likeness (QED) is 0.700. The van der Waals surface area contributed by atoms with Gasteiger partial charge in [0.05, 0.1) is 17.1 Å². The lowest BCUT2D eigenvalue weighted by Gasteiger charge is -2.36. The van der Waals surface area contributed by atoms with E-state index in [1.54, 1.807) is 0 Å². The van der Waals surface area contributed by atoms with Crippen LogP contribution in [0.1, 0.15) is 16.7 Å². The molecule has 3 aliphatic rings. The Morgan fingerprint density at radius 2 is 1.77 bits per heavy atom. The summed E-state index contributed by atoms with van der Waals surface area (Å²) in [6, 6.07) is 15.3. The molecule has 1 atom stereocenters. The predicted molar refractivity (Wildman–Crippen MR) is 92.5 cm³/mol. The zero-order valence-electron chi connectivity index (χ0n) is 12.4. The van der Waals surface area contributed by atoms with Crippen LogP contribution in [0.3, 0.4) is 0 Å². The number of anilines is 2. The van der Waals surface area contributed by atoms with Gasteiger partial charge in [-0.2, -0.15) is 0 Å². The molecule has 0 radical (unpaired) electrons.